The largest absolute Gasteiger partial charge is 0.344 e. The van der Waals surface area contributed by atoms with Gasteiger partial charge in [-0.05, 0) is 36.1 Å². The molecule has 0 saturated heterocycles. The first-order valence-electron chi connectivity index (χ1n) is 9.05. The van der Waals surface area contributed by atoms with Crippen LogP contribution in [0.2, 0.25) is 0 Å². The van der Waals surface area contributed by atoms with Crippen LogP contribution in [0.1, 0.15) is 22.0 Å². The molecule has 0 bridgehead atoms. The van der Waals surface area contributed by atoms with Crippen molar-refractivity contribution >= 4 is 40.0 Å². The van der Waals surface area contributed by atoms with E-state index in [4.69, 9.17) is 0 Å². The van der Waals surface area contributed by atoms with E-state index in [1.54, 1.807) is 11.3 Å². The van der Waals surface area contributed by atoms with Gasteiger partial charge in [-0.25, -0.2) is 4.98 Å². The number of thioether (sulfide) groups is 1. The minimum Gasteiger partial charge on any atom is -0.344 e. The third-order valence-corrected chi connectivity index (χ3v) is 6.59. The quantitative estimate of drug-likeness (QED) is 0.461. The van der Waals surface area contributed by atoms with Crippen molar-refractivity contribution in [1.29, 1.82) is 0 Å². The van der Waals surface area contributed by atoms with Gasteiger partial charge < -0.3 is 9.88 Å². The van der Waals surface area contributed by atoms with Gasteiger partial charge in [0.25, 0.3) is 0 Å². The summed E-state index contributed by atoms with van der Waals surface area (Å²) in [6.07, 6.45) is 0. The van der Waals surface area contributed by atoms with Crippen molar-refractivity contribution in [3.05, 3.63) is 82.0 Å². The van der Waals surface area contributed by atoms with E-state index >= 15 is 0 Å². The number of aromatic nitrogens is 2. The van der Waals surface area contributed by atoms with Gasteiger partial charge in [0.15, 0.2) is 5.16 Å². The third-order valence-electron chi connectivity index (χ3n) is 4.62. The molecule has 1 unspecified atom stereocenters. The number of aryl methyl sites for hydroxylation is 2. The van der Waals surface area contributed by atoms with Crippen molar-refractivity contribution in [2.24, 2.45) is 7.05 Å². The molecule has 0 aliphatic carbocycles. The average Bonchev–Trinajstić information content (AvgIpc) is 3.34. The molecule has 1 atom stereocenters. The summed E-state index contributed by atoms with van der Waals surface area (Å²) in [5.74, 6) is 0.321. The van der Waals surface area contributed by atoms with Gasteiger partial charge in [0.2, 0.25) is 5.91 Å². The molecular formula is C22H21N3OS2. The average molecular weight is 408 g/mol. The first-order valence-corrected chi connectivity index (χ1v) is 10.9. The summed E-state index contributed by atoms with van der Waals surface area (Å²) >= 11 is 3.11. The van der Waals surface area contributed by atoms with Crippen LogP contribution in [0.3, 0.4) is 0 Å². The van der Waals surface area contributed by atoms with Crippen LogP contribution >= 0.6 is 23.1 Å². The van der Waals surface area contributed by atoms with Crippen LogP contribution in [-0.2, 0) is 11.8 Å². The highest BCUT2D eigenvalue weighted by Gasteiger charge is 2.18. The van der Waals surface area contributed by atoms with E-state index in [9.17, 15) is 4.79 Å². The van der Waals surface area contributed by atoms with E-state index in [0.29, 0.717) is 5.75 Å². The van der Waals surface area contributed by atoms with Crippen molar-refractivity contribution < 1.29 is 4.79 Å². The zero-order valence-electron chi connectivity index (χ0n) is 15.8. The maximum absolute atomic E-state index is 12.7. The first kappa shape index (κ1) is 18.8. The smallest absolute Gasteiger partial charge is 0.231 e. The summed E-state index contributed by atoms with van der Waals surface area (Å²) in [6, 6.07) is 20.3. The number of nitrogens with zero attached hydrogens (tertiary/aromatic N) is 2. The second kappa shape index (κ2) is 8.20. The highest BCUT2D eigenvalue weighted by atomic mass is 32.2. The number of amides is 1. The molecular weight excluding hydrogens is 386 g/mol. The van der Waals surface area contributed by atoms with Crippen molar-refractivity contribution in [2.45, 2.75) is 18.1 Å². The van der Waals surface area contributed by atoms with E-state index in [0.717, 1.165) is 26.6 Å². The van der Waals surface area contributed by atoms with Gasteiger partial charge in [0, 0.05) is 11.9 Å². The first-order chi connectivity index (χ1) is 13.6. The molecule has 142 valence electrons. The number of thiophene rings is 1. The Labute approximate surface area is 172 Å². The van der Waals surface area contributed by atoms with Gasteiger partial charge in [0.1, 0.15) is 0 Å². The number of carbonyl (C=O) groups is 1. The Bertz CT molecular complexity index is 1080. The summed E-state index contributed by atoms with van der Waals surface area (Å²) in [5, 5.41) is 6.08. The predicted molar refractivity (Wildman–Crippen MR) is 117 cm³/mol. The molecule has 0 aliphatic heterocycles. The second-order valence-electron chi connectivity index (χ2n) is 6.66. The summed E-state index contributed by atoms with van der Waals surface area (Å²) in [5.41, 5.74) is 4.32. The Hall–Kier alpha value is -2.57. The number of rotatable bonds is 6. The maximum Gasteiger partial charge on any atom is 0.231 e. The van der Waals surface area contributed by atoms with E-state index in [-0.39, 0.29) is 11.9 Å². The van der Waals surface area contributed by atoms with Crippen molar-refractivity contribution in [3.63, 3.8) is 0 Å². The minimum absolute atomic E-state index is 0.00367. The van der Waals surface area contributed by atoms with Crippen LogP contribution in [0, 0.1) is 6.92 Å². The molecule has 0 fully saturated rings. The number of nitrogens with one attached hydrogen (secondary N) is 1. The zero-order valence-corrected chi connectivity index (χ0v) is 17.4. The van der Waals surface area contributed by atoms with Gasteiger partial charge in [-0.3, -0.25) is 4.79 Å². The fourth-order valence-corrected chi connectivity index (χ4v) is 4.72. The monoisotopic (exact) mass is 407 g/mol. The lowest BCUT2D eigenvalue weighted by Crippen LogP contribution is -2.30. The van der Waals surface area contributed by atoms with Crippen LogP contribution in [0.4, 0.5) is 0 Å². The van der Waals surface area contributed by atoms with Crippen molar-refractivity contribution in [2.75, 3.05) is 5.75 Å². The van der Waals surface area contributed by atoms with Gasteiger partial charge in [-0.15, -0.1) is 11.3 Å². The molecule has 1 N–H and O–H groups in total. The third kappa shape index (κ3) is 3.98. The van der Waals surface area contributed by atoms with Gasteiger partial charge in [-0.1, -0.05) is 59.8 Å². The molecule has 4 rings (SSSR count). The molecule has 1 amide bonds. The Morgan fingerprint density at radius 3 is 2.64 bits per heavy atom. The van der Waals surface area contributed by atoms with Gasteiger partial charge in [-0.2, -0.15) is 0 Å². The minimum atomic E-state index is -0.130. The number of benzene rings is 2. The number of para-hydroxylation sites is 2. The van der Waals surface area contributed by atoms with Crippen molar-refractivity contribution in [3.8, 4) is 0 Å². The van der Waals surface area contributed by atoms with Crippen LogP contribution in [-0.4, -0.2) is 21.2 Å². The fraction of sp³-hybridized carbons (Fsp3) is 0.182. The summed E-state index contributed by atoms with van der Waals surface area (Å²) in [6.45, 7) is 2.07. The highest BCUT2D eigenvalue weighted by Crippen LogP contribution is 2.27. The van der Waals surface area contributed by atoms with Gasteiger partial charge in [0.05, 0.1) is 22.8 Å². The molecule has 0 spiro atoms. The molecule has 4 aromatic rings. The van der Waals surface area contributed by atoms with E-state index < -0.39 is 0 Å². The van der Waals surface area contributed by atoms with Crippen LogP contribution in [0.25, 0.3) is 11.0 Å². The molecule has 28 heavy (non-hydrogen) atoms. The molecule has 2 aromatic carbocycles. The Kier molecular flexibility index (Phi) is 5.50. The molecule has 2 aromatic heterocycles. The number of hydrogen-bond donors (Lipinski definition) is 1. The van der Waals surface area contributed by atoms with Crippen LogP contribution in [0.5, 0.6) is 0 Å². The normalized spacial score (nSPS) is 12.2. The SMILES string of the molecule is Cc1ccc(C(NC(=O)CSc2nc3ccccc3n2C)c2cccs2)cc1. The Morgan fingerprint density at radius 1 is 1.14 bits per heavy atom. The lowest BCUT2D eigenvalue weighted by Gasteiger charge is -2.18. The number of carbonyl (C=O) groups excluding carboxylic acids is 1. The molecule has 0 radical (unpaired) electrons. The van der Waals surface area contributed by atoms with Crippen LogP contribution in [0.15, 0.2) is 71.2 Å². The number of hydrogen-bond acceptors (Lipinski definition) is 4. The van der Waals surface area contributed by atoms with Gasteiger partial charge >= 0.3 is 0 Å². The summed E-state index contributed by atoms with van der Waals surface area (Å²) in [7, 11) is 1.98. The lowest BCUT2D eigenvalue weighted by atomic mass is 10.0. The van der Waals surface area contributed by atoms with E-state index in [1.807, 2.05) is 47.3 Å². The highest BCUT2D eigenvalue weighted by molar-refractivity contribution is 7.99. The summed E-state index contributed by atoms with van der Waals surface area (Å²) < 4.78 is 2.03. The molecule has 2 heterocycles. The maximum atomic E-state index is 12.7. The molecule has 0 saturated carbocycles. The Morgan fingerprint density at radius 2 is 1.93 bits per heavy atom. The topological polar surface area (TPSA) is 46.9 Å². The lowest BCUT2D eigenvalue weighted by molar-refractivity contribution is -0.119. The Balaban J connectivity index is 1.48. The molecule has 0 aliphatic rings. The number of imidazole rings is 1. The van der Waals surface area contributed by atoms with E-state index in [1.165, 1.54) is 17.3 Å². The standard InChI is InChI=1S/C22H21N3OS2/c1-15-9-11-16(12-10-15)21(19-8-5-13-27-19)24-20(26)14-28-22-23-17-6-3-4-7-18(17)25(22)2/h3-13,21H,14H2,1-2H3,(H,24,26). The zero-order chi connectivity index (χ0) is 19.5. The van der Waals surface area contributed by atoms with Crippen LogP contribution < -0.4 is 5.32 Å². The summed E-state index contributed by atoms with van der Waals surface area (Å²) in [4.78, 5) is 18.5. The molecule has 4 nitrogen and oxygen atoms in total. The number of fused-ring (bicyclic) bond motifs is 1. The predicted octanol–water partition coefficient (Wildman–Crippen LogP) is 4.94. The van der Waals surface area contributed by atoms with Crippen molar-refractivity contribution in [1.82, 2.24) is 14.9 Å². The second-order valence-corrected chi connectivity index (χ2v) is 8.58. The molecule has 6 heteroatoms. The van der Waals surface area contributed by atoms with E-state index in [2.05, 4.69) is 47.6 Å². The fourth-order valence-electron chi connectivity index (χ4n) is 3.12.